The van der Waals surface area contributed by atoms with Crippen molar-refractivity contribution in [1.82, 2.24) is 9.97 Å². The van der Waals surface area contributed by atoms with Crippen molar-refractivity contribution in [2.45, 2.75) is 51.4 Å². The second-order valence-electron chi connectivity index (χ2n) is 6.21. The van der Waals surface area contributed by atoms with E-state index in [2.05, 4.69) is 14.9 Å². The molecule has 2 N–H and O–H groups in total. The lowest BCUT2D eigenvalue weighted by Crippen LogP contribution is -2.37. The van der Waals surface area contributed by atoms with Crippen LogP contribution in [0.3, 0.4) is 0 Å². The van der Waals surface area contributed by atoms with E-state index in [0.29, 0.717) is 0 Å². The van der Waals surface area contributed by atoms with Crippen LogP contribution in [-0.2, 0) is 12.8 Å². The Balaban J connectivity index is 1.82. The number of fused-ring (bicyclic) bond motifs is 1. The molecule has 1 fully saturated rings. The van der Waals surface area contributed by atoms with Crippen molar-refractivity contribution in [1.29, 1.82) is 0 Å². The molecule has 0 amide bonds. The fourth-order valence-electron chi connectivity index (χ4n) is 3.68. The molecule has 0 saturated carbocycles. The normalized spacial score (nSPS) is 23.2. The van der Waals surface area contributed by atoms with E-state index in [9.17, 15) is 0 Å². The average molecular weight is 274 g/mol. The zero-order chi connectivity index (χ0) is 13.8. The standard InChI is InChI=1S/C16H26N4/c17-9-8-13-5-4-10-20(11-13)16-14-6-2-1-3-7-15(14)18-12-19-16/h12-13H,1-11,17H2. The number of hydrogen-bond donors (Lipinski definition) is 1. The largest absolute Gasteiger partial charge is 0.356 e. The van der Waals surface area contributed by atoms with Crippen molar-refractivity contribution >= 4 is 5.82 Å². The highest BCUT2D eigenvalue weighted by atomic mass is 15.2. The third kappa shape index (κ3) is 2.95. The van der Waals surface area contributed by atoms with Gasteiger partial charge in [-0.3, -0.25) is 0 Å². The Bertz CT molecular complexity index is 444. The molecule has 4 nitrogen and oxygen atoms in total. The molecule has 1 saturated heterocycles. The first kappa shape index (κ1) is 13.8. The van der Waals surface area contributed by atoms with Gasteiger partial charge in [-0.2, -0.15) is 0 Å². The van der Waals surface area contributed by atoms with Gasteiger partial charge in [-0.05, 0) is 57.4 Å². The van der Waals surface area contributed by atoms with Crippen LogP contribution in [0.25, 0.3) is 0 Å². The molecule has 0 spiro atoms. The third-order valence-corrected chi connectivity index (χ3v) is 4.75. The molecular weight excluding hydrogens is 248 g/mol. The van der Waals surface area contributed by atoms with Crippen LogP contribution in [0.4, 0.5) is 5.82 Å². The van der Waals surface area contributed by atoms with Crippen LogP contribution >= 0.6 is 0 Å². The highest BCUT2D eigenvalue weighted by molar-refractivity contribution is 5.49. The van der Waals surface area contributed by atoms with Gasteiger partial charge in [-0.15, -0.1) is 0 Å². The summed E-state index contributed by atoms with van der Waals surface area (Å²) in [7, 11) is 0. The minimum absolute atomic E-state index is 0.741. The second-order valence-corrected chi connectivity index (χ2v) is 6.21. The first-order chi connectivity index (χ1) is 9.88. The van der Waals surface area contributed by atoms with Gasteiger partial charge < -0.3 is 10.6 Å². The summed E-state index contributed by atoms with van der Waals surface area (Å²) in [5.74, 6) is 1.96. The maximum atomic E-state index is 5.73. The first-order valence-electron chi connectivity index (χ1n) is 8.16. The van der Waals surface area contributed by atoms with Gasteiger partial charge in [0.2, 0.25) is 0 Å². The minimum atomic E-state index is 0.741. The molecule has 3 rings (SSSR count). The molecule has 0 aromatic carbocycles. The lowest BCUT2D eigenvalue weighted by atomic mass is 9.94. The monoisotopic (exact) mass is 274 g/mol. The Hall–Kier alpha value is -1.16. The quantitative estimate of drug-likeness (QED) is 0.859. The van der Waals surface area contributed by atoms with E-state index in [-0.39, 0.29) is 0 Å². The van der Waals surface area contributed by atoms with Gasteiger partial charge in [0, 0.05) is 24.3 Å². The maximum absolute atomic E-state index is 5.73. The van der Waals surface area contributed by atoms with Crippen LogP contribution < -0.4 is 10.6 Å². The molecule has 2 aliphatic rings. The summed E-state index contributed by atoms with van der Waals surface area (Å²) < 4.78 is 0. The van der Waals surface area contributed by atoms with Crippen LogP contribution in [0, 0.1) is 5.92 Å². The van der Waals surface area contributed by atoms with Crippen molar-refractivity contribution in [2.75, 3.05) is 24.5 Å². The van der Waals surface area contributed by atoms with Crippen molar-refractivity contribution in [3.05, 3.63) is 17.6 Å². The van der Waals surface area contributed by atoms with Gasteiger partial charge in [0.1, 0.15) is 12.1 Å². The summed E-state index contributed by atoms with van der Waals surface area (Å²) in [4.78, 5) is 11.7. The van der Waals surface area contributed by atoms with E-state index in [1.165, 1.54) is 49.2 Å². The average Bonchev–Trinajstić information content (AvgIpc) is 2.73. The van der Waals surface area contributed by atoms with Crippen LogP contribution in [0.5, 0.6) is 0 Å². The molecule has 4 heteroatoms. The molecule has 1 unspecified atom stereocenters. The van der Waals surface area contributed by atoms with Crippen LogP contribution in [0.15, 0.2) is 6.33 Å². The molecule has 0 bridgehead atoms. The summed E-state index contributed by atoms with van der Waals surface area (Å²) in [6.07, 6.45) is 11.7. The van der Waals surface area contributed by atoms with Crippen molar-refractivity contribution < 1.29 is 0 Å². The minimum Gasteiger partial charge on any atom is -0.356 e. The van der Waals surface area contributed by atoms with Crippen molar-refractivity contribution in [2.24, 2.45) is 11.7 Å². The molecule has 1 aromatic heterocycles. The predicted octanol–water partition coefficient (Wildman–Crippen LogP) is 2.31. The lowest BCUT2D eigenvalue weighted by molar-refractivity contribution is 0.393. The summed E-state index contributed by atoms with van der Waals surface area (Å²) in [6.45, 7) is 3.07. The van der Waals surface area contributed by atoms with E-state index in [4.69, 9.17) is 5.73 Å². The van der Waals surface area contributed by atoms with Crippen molar-refractivity contribution in [3.63, 3.8) is 0 Å². The van der Waals surface area contributed by atoms with E-state index < -0.39 is 0 Å². The third-order valence-electron chi connectivity index (χ3n) is 4.75. The predicted molar refractivity (Wildman–Crippen MR) is 81.9 cm³/mol. The van der Waals surface area contributed by atoms with Crippen molar-refractivity contribution in [3.8, 4) is 0 Å². The topological polar surface area (TPSA) is 55.0 Å². The molecule has 110 valence electrons. The Morgan fingerprint density at radius 1 is 1.15 bits per heavy atom. The van der Waals surface area contributed by atoms with E-state index in [1.807, 2.05) is 0 Å². The summed E-state index contributed by atoms with van der Waals surface area (Å²) in [5, 5.41) is 0. The van der Waals surface area contributed by atoms with E-state index in [0.717, 1.165) is 44.8 Å². The summed E-state index contributed by atoms with van der Waals surface area (Å²) >= 11 is 0. The van der Waals surface area contributed by atoms with Crippen LogP contribution in [0.1, 0.15) is 49.8 Å². The summed E-state index contributed by atoms with van der Waals surface area (Å²) in [5.41, 5.74) is 8.46. The van der Waals surface area contributed by atoms with Crippen LogP contribution in [0.2, 0.25) is 0 Å². The summed E-state index contributed by atoms with van der Waals surface area (Å²) in [6, 6.07) is 0. The van der Waals surface area contributed by atoms with E-state index in [1.54, 1.807) is 6.33 Å². The first-order valence-corrected chi connectivity index (χ1v) is 8.16. The Kier molecular flexibility index (Phi) is 4.51. The zero-order valence-electron chi connectivity index (χ0n) is 12.4. The van der Waals surface area contributed by atoms with Gasteiger partial charge in [-0.1, -0.05) is 6.42 Å². The number of nitrogens with zero attached hydrogens (tertiary/aromatic N) is 3. The fraction of sp³-hybridized carbons (Fsp3) is 0.750. The van der Waals surface area contributed by atoms with E-state index >= 15 is 0 Å². The SMILES string of the molecule is NCCC1CCCN(c2ncnc3c2CCCCC3)C1. The fourth-order valence-corrected chi connectivity index (χ4v) is 3.68. The molecule has 1 aliphatic heterocycles. The van der Waals surface area contributed by atoms with Gasteiger partial charge in [0.25, 0.3) is 0 Å². The smallest absolute Gasteiger partial charge is 0.135 e. The zero-order valence-corrected chi connectivity index (χ0v) is 12.4. The Morgan fingerprint density at radius 2 is 2.05 bits per heavy atom. The molecule has 1 aliphatic carbocycles. The molecule has 0 radical (unpaired) electrons. The number of aromatic nitrogens is 2. The number of piperidine rings is 1. The Morgan fingerprint density at radius 3 is 2.95 bits per heavy atom. The molecule has 1 atom stereocenters. The van der Waals surface area contributed by atoms with Gasteiger partial charge in [-0.25, -0.2) is 9.97 Å². The molecular formula is C16H26N4. The highest BCUT2D eigenvalue weighted by Crippen LogP contribution is 2.30. The number of anilines is 1. The van der Waals surface area contributed by atoms with Gasteiger partial charge in [0.05, 0.1) is 0 Å². The number of nitrogens with two attached hydrogens (primary N) is 1. The molecule has 20 heavy (non-hydrogen) atoms. The number of aryl methyl sites for hydroxylation is 1. The van der Waals surface area contributed by atoms with Gasteiger partial charge >= 0.3 is 0 Å². The van der Waals surface area contributed by atoms with Gasteiger partial charge in [0.15, 0.2) is 0 Å². The number of rotatable bonds is 3. The van der Waals surface area contributed by atoms with Crippen LogP contribution in [-0.4, -0.2) is 29.6 Å². The number of hydrogen-bond acceptors (Lipinski definition) is 4. The lowest BCUT2D eigenvalue weighted by Gasteiger charge is -2.34. The Labute approximate surface area is 121 Å². The maximum Gasteiger partial charge on any atom is 0.135 e. The molecule has 2 heterocycles. The second kappa shape index (κ2) is 6.53. The molecule has 1 aromatic rings. The highest BCUT2D eigenvalue weighted by Gasteiger charge is 2.24.